The Morgan fingerprint density at radius 2 is 1.62 bits per heavy atom. The topological polar surface area (TPSA) is 22.1 Å². The lowest BCUT2D eigenvalue weighted by Gasteiger charge is -2.29. The number of rotatable bonds is 11. The zero-order chi connectivity index (χ0) is 15.7. The van der Waals surface area contributed by atoms with Crippen LogP contribution in [-0.4, -0.2) is 12.1 Å². The van der Waals surface area contributed by atoms with Gasteiger partial charge in [-0.2, -0.15) is 4.98 Å². The van der Waals surface area contributed by atoms with Crippen LogP contribution in [0.5, 0.6) is 5.19 Å². The van der Waals surface area contributed by atoms with Crippen LogP contribution >= 0.6 is 33.9 Å². The Balaban J connectivity index is 2.80. The van der Waals surface area contributed by atoms with Crippen molar-refractivity contribution < 1.29 is 4.74 Å². The Morgan fingerprint density at radius 3 is 2.14 bits per heavy atom. The molecule has 0 aliphatic heterocycles. The molecule has 1 atom stereocenters. The van der Waals surface area contributed by atoms with Crippen LogP contribution in [-0.2, 0) is 5.41 Å². The molecule has 0 bridgehead atoms. The molecule has 2 nitrogen and oxygen atoms in total. The Morgan fingerprint density at radius 1 is 1.05 bits per heavy atom. The maximum Gasteiger partial charge on any atom is 0.274 e. The van der Waals surface area contributed by atoms with Gasteiger partial charge in [0.15, 0.2) is 0 Å². The molecule has 0 aliphatic rings. The highest BCUT2D eigenvalue weighted by Gasteiger charge is 2.31. The van der Waals surface area contributed by atoms with Crippen LogP contribution in [0.25, 0.3) is 0 Å². The summed E-state index contributed by atoms with van der Waals surface area (Å²) in [4.78, 5) is 5.99. The summed E-state index contributed by atoms with van der Waals surface area (Å²) in [5, 5.41) is 0.810. The summed E-state index contributed by atoms with van der Waals surface area (Å²) in [6.45, 7) is 6.99. The van der Waals surface area contributed by atoms with Gasteiger partial charge in [0, 0.05) is 10.3 Å². The largest absolute Gasteiger partial charge is 0.473 e. The second kappa shape index (κ2) is 10.0. The SMILES string of the molecule is CCCCCCC(C)(CCCCC)c1sc(OC)nc1I. The van der Waals surface area contributed by atoms with Gasteiger partial charge in [-0.05, 0) is 35.4 Å². The lowest BCUT2D eigenvalue weighted by Crippen LogP contribution is -2.22. The molecule has 0 saturated carbocycles. The normalized spacial score (nSPS) is 14.1. The number of halogens is 1. The van der Waals surface area contributed by atoms with Crippen molar-refractivity contribution in [2.45, 2.75) is 84.0 Å². The van der Waals surface area contributed by atoms with E-state index in [9.17, 15) is 0 Å². The van der Waals surface area contributed by atoms with Gasteiger partial charge in [-0.1, -0.05) is 77.1 Å². The van der Waals surface area contributed by atoms with Gasteiger partial charge in [0.2, 0.25) is 0 Å². The van der Waals surface area contributed by atoms with Gasteiger partial charge in [-0.3, -0.25) is 0 Å². The fourth-order valence-electron chi connectivity index (χ4n) is 2.80. The van der Waals surface area contributed by atoms with Crippen molar-refractivity contribution in [2.24, 2.45) is 0 Å². The number of aromatic nitrogens is 1. The highest BCUT2D eigenvalue weighted by molar-refractivity contribution is 14.1. The predicted molar refractivity (Wildman–Crippen MR) is 102 cm³/mol. The number of thiazole rings is 1. The molecule has 0 spiro atoms. The minimum Gasteiger partial charge on any atom is -0.473 e. The molecule has 1 unspecified atom stereocenters. The van der Waals surface area contributed by atoms with Gasteiger partial charge < -0.3 is 4.74 Å². The molecule has 1 heterocycles. The second-order valence-corrected chi connectivity index (χ2v) is 8.12. The van der Waals surface area contributed by atoms with Gasteiger partial charge in [0.1, 0.15) is 3.70 Å². The molecular weight excluding hydrogens is 393 g/mol. The summed E-state index contributed by atoms with van der Waals surface area (Å²) in [5.74, 6) is 0. The molecule has 0 aromatic carbocycles. The maximum absolute atomic E-state index is 5.34. The molecule has 0 radical (unpaired) electrons. The lowest BCUT2D eigenvalue weighted by molar-refractivity contribution is 0.370. The number of methoxy groups -OCH3 is 1. The van der Waals surface area contributed by atoms with Crippen LogP contribution < -0.4 is 4.74 Å². The Kier molecular flexibility index (Phi) is 9.18. The van der Waals surface area contributed by atoms with Crippen molar-refractivity contribution >= 4 is 33.9 Å². The quantitative estimate of drug-likeness (QED) is 0.297. The number of hydrogen-bond acceptors (Lipinski definition) is 3. The van der Waals surface area contributed by atoms with Crippen molar-refractivity contribution in [3.05, 3.63) is 8.58 Å². The molecule has 0 N–H and O–H groups in total. The number of nitrogens with zero attached hydrogens (tertiary/aromatic N) is 1. The van der Waals surface area contributed by atoms with Gasteiger partial charge in [0.05, 0.1) is 7.11 Å². The molecule has 0 aliphatic carbocycles. The zero-order valence-electron chi connectivity index (χ0n) is 14.0. The fourth-order valence-corrected chi connectivity index (χ4v) is 5.14. The summed E-state index contributed by atoms with van der Waals surface area (Å²) >= 11 is 4.13. The van der Waals surface area contributed by atoms with E-state index in [1.807, 2.05) is 0 Å². The molecule has 21 heavy (non-hydrogen) atoms. The van der Waals surface area contributed by atoms with Gasteiger partial charge >= 0.3 is 0 Å². The van der Waals surface area contributed by atoms with E-state index in [1.54, 1.807) is 18.4 Å². The average molecular weight is 423 g/mol. The summed E-state index contributed by atoms with van der Waals surface area (Å²) < 4.78 is 6.48. The highest BCUT2D eigenvalue weighted by Crippen LogP contribution is 2.42. The summed E-state index contributed by atoms with van der Waals surface area (Å²) in [5.41, 5.74) is 0.272. The van der Waals surface area contributed by atoms with Crippen LogP contribution in [0.15, 0.2) is 0 Å². The lowest BCUT2D eigenvalue weighted by atomic mass is 9.79. The first-order valence-corrected chi connectivity index (χ1v) is 10.2. The fraction of sp³-hybridized carbons (Fsp3) is 0.824. The van der Waals surface area contributed by atoms with Crippen LogP contribution in [0.4, 0.5) is 0 Å². The molecule has 0 fully saturated rings. The monoisotopic (exact) mass is 423 g/mol. The van der Waals surface area contributed by atoms with Crippen molar-refractivity contribution in [3.63, 3.8) is 0 Å². The van der Waals surface area contributed by atoms with E-state index in [2.05, 4.69) is 48.3 Å². The van der Waals surface area contributed by atoms with Crippen molar-refractivity contribution in [1.82, 2.24) is 4.98 Å². The molecule has 1 aromatic rings. The van der Waals surface area contributed by atoms with Gasteiger partial charge in [-0.15, -0.1) is 0 Å². The minimum absolute atomic E-state index is 0.272. The third-order valence-corrected chi connectivity index (χ3v) is 6.67. The molecule has 4 heteroatoms. The van der Waals surface area contributed by atoms with E-state index >= 15 is 0 Å². The first kappa shape index (κ1) is 19.2. The van der Waals surface area contributed by atoms with Crippen LogP contribution in [0.1, 0.15) is 83.4 Å². The van der Waals surface area contributed by atoms with Gasteiger partial charge in [-0.25, -0.2) is 0 Å². The van der Waals surface area contributed by atoms with Crippen molar-refractivity contribution in [1.29, 1.82) is 0 Å². The number of unbranched alkanes of at least 4 members (excludes halogenated alkanes) is 5. The van der Waals surface area contributed by atoms with E-state index in [0.717, 1.165) is 8.89 Å². The van der Waals surface area contributed by atoms with Crippen LogP contribution in [0.3, 0.4) is 0 Å². The van der Waals surface area contributed by atoms with E-state index in [0.29, 0.717) is 0 Å². The van der Waals surface area contributed by atoms with E-state index in [1.165, 1.54) is 62.7 Å². The average Bonchev–Trinajstić information content (AvgIpc) is 2.86. The summed E-state index contributed by atoms with van der Waals surface area (Å²) in [6.07, 6.45) is 11.8. The molecule has 0 amide bonds. The number of hydrogen-bond donors (Lipinski definition) is 0. The molecule has 1 rings (SSSR count). The van der Waals surface area contributed by atoms with Crippen molar-refractivity contribution in [2.75, 3.05) is 7.11 Å². The van der Waals surface area contributed by atoms with Crippen LogP contribution in [0.2, 0.25) is 0 Å². The first-order valence-electron chi connectivity index (χ1n) is 8.28. The van der Waals surface area contributed by atoms with E-state index < -0.39 is 0 Å². The second-order valence-electron chi connectivity index (χ2n) is 6.13. The first-order chi connectivity index (χ1) is 10.1. The molecule has 0 saturated heterocycles. The maximum atomic E-state index is 5.34. The predicted octanol–water partition coefficient (Wildman–Crippen LogP) is 6.56. The molecule has 122 valence electrons. The smallest absolute Gasteiger partial charge is 0.274 e. The third-order valence-electron chi connectivity index (χ3n) is 4.20. The number of ether oxygens (including phenoxy) is 1. The zero-order valence-corrected chi connectivity index (χ0v) is 17.0. The van der Waals surface area contributed by atoms with E-state index in [-0.39, 0.29) is 5.41 Å². The highest BCUT2D eigenvalue weighted by atomic mass is 127. The summed E-state index contributed by atoms with van der Waals surface area (Å²) in [7, 11) is 1.72. The van der Waals surface area contributed by atoms with Gasteiger partial charge in [0.25, 0.3) is 5.19 Å². The standard InChI is InChI=1S/C17H30INOS/c1-5-7-9-11-13-17(3,12-10-8-6-2)14-15(18)19-16(20-4)21-14/h5-13H2,1-4H3. The van der Waals surface area contributed by atoms with Crippen LogP contribution in [0, 0.1) is 3.70 Å². The Labute approximate surface area is 148 Å². The minimum atomic E-state index is 0.272. The Hall–Kier alpha value is 0.160. The summed E-state index contributed by atoms with van der Waals surface area (Å²) in [6, 6.07) is 0. The molecular formula is C17H30INOS. The van der Waals surface area contributed by atoms with Crippen molar-refractivity contribution in [3.8, 4) is 5.19 Å². The Bertz CT molecular complexity index is 407. The third kappa shape index (κ3) is 6.05. The van der Waals surface area contributed by atoms with E-state index in [4.69, 9.17) is 4.74 Å². The molecule has 1 aromatic heterocycles.